The Hall–Kier alpha value is -6.86. The molecule has 0 unspecified atom stereocenters. The largest absolute Gasteiger partial charge is 0.507 e. The van der Waals surface area contributed by atoms with Crippen LogP contribution < -0.4 is 18.9 Å². The van der Waals surface area contributed by atoms with Crippen LogP contribution in [-0.4, -0.2) is 75.4 Å². The van der Waals surface area contributed by atoms with Crippen molar-refractivity contribution in [1.82, 2.24) is 0 Å². The summed E-state index contributed by atoms with van der Waals surface area (Å²) in [6.07, 6.45) is 0.825. The molecule has 6 rings (SSSR count). The number of fused-ring (bicyclic) bond motifs is 1. The zero-order chi connectivity index (χ0) is 46.8. The summed E-state index contributed by atoms with van der Waals surface area (Å²) in [5.74, 6) is -0.832. The van der Waals surface area contributed by atoms with Gasteiger partial charge in [-0.2, -0.15) is 0 Å². The first-order chi connectivity index (χ1) is 30.0. The minimum atomic E-state index is -4.65. The van der Waals surface area contributed by atoms with Gasteiger partial charge in [0.05, 0.1) is 44.1 Å². The lowest BCUT2D eigenvalue weighted by Crippen LogP contribution is -2.18. The number of aromatic hydroxyl groups is 2. The number of azo groups is 1. The van der Waals surface area contributed by atoms with Gasteiger partial charge in [-0.15, -0.1) is 10.2 Å². The average molecular weight is 955 g/mol. The molecule has 0 saturated heterocycles. The number of methoxy groups -OCH3 is 1. The molecular formula is C40H38N6O14S4. The second-order valence-electron chi connectivity index (χ2n) is 14.0. The summed E-state index contributed by atoms with van der Waals surface area (Å²) in [5, 5.41) is 40.7. The highest BCUT2D eigenvalue weighted by Crippen LogP contribution is 2.40. The van der Waals surface area contributed by atoms with Crippen LogP contribution in [0.25, 0.3) is 10.8 Å². The summed E-state index contributed by atoms with van der Waals surface area (Å²) in [6, 6.07) is 20.0. The number of hydrogen-bond acceptors (Lipinski definition) is 16. The highest BCUT2D eigenvalue weighted by molar-refractivity contribution is 7.94. The lowest BCUT2D eigenvalue weighted by atomic mass is 10.1. The fraction of sp³-hybridized carbons (Fsp3) is 0.150. The lowest BCUT2D eigenvalue weighted by Gasteiger charge is -2.17. The van der Waals surface area contributed by atoms with E-state index < -0.39 is 70.1 Å². The number of phenols is 2. The van der Waals surface area contributed by atoms with E-state index >= 15 is 0 Å². The summed E-state index contributed by atoms with van der Waals surface area (Å²) in [4.78, 5) is 8.43. The smallest absolute Gasteiger partial charge is 0.270 e. The van der Waals surface area contributed by atoms with Crippen LogP contribution in [0.4, 0.5) is 34.1 Å². The normalized spacial score (nSPS) is 12.3. The highest BCUT2D eigenvalue weighted by atomic mass is 32.2. The molecule has 0 fully saturated rings. The molecule has 0 aliphatic heterocycles. The molecule has 6 aromatic rings. The summed E-state index contributed by atoms with van der Waals surface area (Å²) in [7, 11) is -16.5. The van der Waals surface area contributed by atoms with Crippen molar-refractivity contribution in [2.45, 2.75) is 33.4 Å². The molecule has 0 atom stereocenters. The molecule has 336 valence electrons. The van der Waals surface area contributed by atoms with Gasteiger partial charge < -0.3 is 19.7 Å². The SMILES string of the molecule is COCCOc1ccc(NS(=O)(=O)c2cccc(S(=O)(=O)Nc3cccc4c(O)ccc(N=Nc5ccc([N+](=O)[O-])cc5S(C)(=O)=O)c34)c2)cc1S(=O)(=O)Nc1cc(C)c(C)cc1O. The summed E-state index contributed by atoms with van der Waals surface area (Å²) in [5.41, 5.74) is -0.0418. The van der Waals surface area contributed by atoms with Crippen LogP contribution in [0.3, 0.4) is 0 Å². The minimum Gasteiger partial charge on any atom is -0.507 e. The second kappa shape index (κ2) is 18.1. The molecule has 0 aliphatic rings. The van der Waals surface area contributed by atoms with Gasteiger partial charge in [0.15, 0.2) is 9.84 Å². The van der Waals surface area contributed by atoms with Crippen molar-refractivity contribution in [1.29, 1.82) is 0 Å². The summed E-state index contributed by atoms with van der Waals surface area (Å²) >= 11 is 0. The molecule has 0 spiro atoms. The number of sulfonamides is 3. The van der Waals surface area contributed by atoms with Gasteiger partial charge in [0.1, 0.15) is 39.3 Å². The third-order valence-corrected chi connectivity index (χ3v) is 14.6. The number of ether oxygens (including phenoxy) is 2. The number of nitro groups is 1. The third-order valence-electron chi connectivity index (χ3n) is 9.37. The predicted molar refractivity (Wildman–Crippen MR) is 236 cm³/mol. The van der Waals surface area contributed by atoms with Gasteiger partial charge >= 0.3 is 0 Å². The van der Waals surface area contributed by atoms with Crippen LogP contribution in [0.1, 0.15) is 11.1 Å². The van der Waals surface area contributed by atoms with Crippen molar-refractivity contribution < 1.29 is 58.3 Å². The first-order valence-electron chi connectivity index (χ1n) is 18.4. The van der Waals surface area contributed by atoms with Gasteiger partial charge in [-0.1, -0.05) is 18.2 Å². The number of nitrogens with zero attached hydrogens (tertiary/aromatic N) is 3. The Morgan fingerprint density at radius 2 is 1.27 bits per heavy atom. The van der Waals surface area contributed by atoms with Crippen molar-refractivity contribution >= 4 is 84.8 Å². The molecule has 6 aromatic carbocycles. The molecule has 0 radical (unpaired) electrons. The molecular weight excluding hydrogens is 917 g/mol. The molecule has 0 aromatic heterocycles. The van der Waals surface area contributed by atoms with Crippen LogP contribution >= 0.6 is 0 Å². The summed E-state index contributed by atoms with van der Waals surface area (Å²) in [6.45, 7) is 3.45. The number of nitrogens with one attached hydrogen (secondary N) is 3. The topological polar surface area (TPSA) is 299 Å². The summed E-state index contributed by atoms with van der Waals surface area (Å²) < 4.78 is 125. The molecule has 0 amide bonds. The first-order valence-corrected chi connectivity index (χ1v) is 24.7. The predicted octanol–water partition coefficient (Wildman–Crippen LogP) is 7.02. The van der Waals surface area contributed by atoms with Crippen molar-refractivity contribution in [3.63, 3.8) is 0 Å². The highest BCUT2D eigenvalue weighted by Gasteiger charge is 2.26. The number of sulfone groups is 1. The molecule has 0 aliphatic carbocycles. The van der Waals surface area contributed by atoms with Crippen molar-refractivity contribution in [2.75, 3.05) is 40.7 Å². The molecule has 20 nitrogen and oxygen atoms in total. The molecule has 5 N–H and O–H groups in total. The van der Waals surface area contributed by atoms with E-state index in [0.29, 0.717) is 11.1 Å². The van der Waals surface area contributed by atoms with Gasteiger partial charge in [-0.25, -0.2) is 33.7 Å². The Morgan fingerprint density at radius 1 is 0.641 bits per heavy atom. The van der Waals surface area contributed by atoms with Crippen molar-refractivity contribution in [3.05, 3.63) is 124 Å². The van der Waals surface area contributed by atoms with Crippen LogP contribution in [-0.2, 0) is 44.6 Å². The number of phenolic OH excluding ortho intramolecular Hbond substituents is 2. The van der Waals surface area contributed by atoms with Crippen LogP contribution in [0.15, 0.2) is 133 Å². The maximum atomic E-state index is 13.9. The monoisotopic (exact) mass is 954 g/mol. The van der Waals surface area contributed by atoms with E-state index in [9.17, 15) is 54.0 Å². The zero-order valence-electron chi connectivity index (χ0n) is 34.0. The maximum absolute atomic E-state index is 13.9. The zero-order valence-corrected chi connectivity index (χ0v) is 37.3. The quantitative estimate of drug-likeness (QED) is 0.0202. The molecule has 0 saturated carbocycles. The van der Waals surface area contributed by atoms with Gasteiger partial charge in [-0.05, 0) is 97.8 Å². The van der Waals surface area contributed by atoms with E-state index in [-0.39, 0.29) is 69.7 Å². The number of hydrogen-bond donors (Lipinski definition) is 5. The van der Waals surface area contributed by atoms with Crippen LogP contribution in [0.5, 0.6) is 17.2 Å². The van der Waals surface area contributed by atoms with E-state index in [1.807, 2.05) is 0 Å². The van der Waals surface area contributed by atoms with E-state index in [1.165, 1.54) is 61.7 Å². The molecule has 0 heterocycles. The fourth-order valence-electron chi connectivity index (χ4n) is 6.09. The van der Waals surface area contributed by atoms with E-state index in [1.54, 1.807) is 13.8 Å². The lowest BCUT2D eigenvalue weighted by molar-refractivity contribution is -0.385. The van der Waals surface area contributed by atoms with Crippen LogP contribution in [0.2, 0.25) is 0 Å². The number of rotatable bonds is 17. The Labute approximate surface area is 367 Å². The van der Waals surface area contributed by atoms with E-state index in [4.69, 9.17) is 9.47 Å². The van der Waals surface area contributed by atoms with Gasteiger partial charge in [0.2, 0.25) is 0 Å². The van der Waals surface area contributed by atoms with Gasteiger partial charge in [0.25, 0.3) is 35.8 Å². The fourth-order valence-corrected chi connectivity index (χ4v) is 10.4. The molecule has 64 heavy (non-hydrogen) atoms. The third kappa shape index (κ3) is 10.3. The second-order valence-corrected chi connectivity index (χ2v) is 21.0. The Bertz CT molecular complexity index is 3330. The Kier molecular flexibility index (Phi) is 13.2. The number of benzene rings is 6. The Balaban J connectivity index is 1.32. The first kappa shape index (κ1) is 46.6. The standard InChI is InChI=1S/C40H38N6O14S4/c1-24-19-34(36(48)20-25(24)2)45-64(57,58)39-21-26(11-16-37(39)60-18-17-59-3)43-62(53,54)28-7-5-8-29(23-28)63(55,56)44-33-10-6-9-30-35(47)15-14-32(40(30)33)42-41-31-13-12-27(46(49)50)22-38(31)61(4,51)52/h5-16,19-23,43-45,47-48H,17-18H2,1-4H3. The number of nitro benzene ring substituents is 1. The molecule has 24 heteroatoms. The van der Waals surface area contributed by atoms with Gasteiger partial charge in [0, 0.05) is 36.3 Å². The Morgan fingerprint density at radius 3 is 1.94 bits per heavy atom. The van der Waals surface area contributed by atoms with E-state index in [0.717, 1.165) is 54.8 Å². The van der Waals surface area contributed by atoms with E-state index in [2.05, 4.69) is 24.4 Å². The molecule has 0 bridgehead atoms. The maximum Gasteiger partial charge on any atom is 0.270 e. The van der Waals surface area contributed by atoms with Crippen LogP contribution in [0, 0.1) is 24.0 Å². The number of anilines is 3. The number of non-ortho nitro benzene ring substituents is 1. The van der Waals surface area contributed by atoms with Crippen molar-refractivity contribution in [2.24, 2.45) is 10.2 Å². The average Bonchev–Trinajstić information content (AvgIpc) is 3.22. The number of aryl methyl sites for hydroxylation is 2. The minimum absolute atomic E-state index is 0.00861. The van der Waals surface area contributed by atoms with Gasteiger partial charge in [-0.3, -0.25) is 24.3 Å². The van der Waals surface area contributed by atoms with Crippen molar-refractivity contribution in [3.8, 4) is 17.2 Å².